The van der Waals surface area contributed by atoms with Crippen LogP contribution in [-0.2, 0) is 6.54 Å². The van der Waals surface area contributed by atoms with Gasteiger partial charge in [-0.05, 0) is 13.8 Å². The summed E-state index contributed by atoms with van der Waals surface area (Å²) in [5.41, 5.74) is 1.27. The first-order valence-electron chi connectivity index (χ1n) is 4.04. The quantitative estimate of drug-likeness (QED) is 0.596. The van der Waals surface area contributed by atoms with Gasteiger partial charge in [0.05, 0.1) is 6.04 Å². The summed E-state index contributed by atoms with van der Waals surface area (Å²) in [6.07, 6.45) is 1.94. The van der Waals surface area contributed by atoms with Gasteiger partial charge in [0.2, 0.25) is 0 Å². The third kappa shape index (κ3) is 0.959. The summed E-state index contributed by atoms with van der Waals surface area (Å²) in [6.45, 7) is 6.38. The fourth-order valence-electron chi connectivity index (χ4n) is 1.60. The zero-order valence-electron chi connectivity index (χ0n) is 6.96. The van der Waals surface area contributed by atoms with Crippen molar-refractivity contribution in [1.82, 2.24) is 14.9 Å². The molecule has 0 aromatic carbocycles. The van der Waals surface area contributed by atoms with E-state index in [2.05, 4.69) is 28.7 Å². The van der Waals surface area contributed by atoms with Crippen LogP contribution in [0.2, 0.25) is 0 Å². The minimum atomic E-state index is 0.414. The first-order chi connectivity index (χ1) is 5.29. The van der Waals surface area contributed by atoms with Gasteiger partial charge in [0.15, 0.2) is 0 Å². The molecule has 3 heteroatoms. The molecule has 1 atom stereocenters. The van der Waals surface area contributed by atoms with Gasteiger partial charge in [-0.2, -0.15) is 0 Å². The number of hydrogen-bond donors (Lipinski definition) is 1. The van der Waals surface area contributed by atoms with Gasteiger partial charge in [0.1, 0.15) is 5.82 Å². The van der Waals surface area contributed by atoms with Crippen molar-refractivity contribution in [2.24, 2.45) is 0 Å². The van der Waals surface area contributed by atoms with Crippen LogP contribution < -0.4 is 5.32 Å². The lowest BCUT2D eigenvalue weighted by Crippen LogP contribution is -2.32. The van der Waals surface area contributed by atoms with Crippen molar-refractivity contribution in [2.45, 2.75) is 26.4 Å². The average Bonchev–Trinajstić information content (AvgIpc) is 2.35. The summed E-state index contributed by atoms with van der Waals surface area (Å²) in [5.74, 6) is 1.17. The summed E-state index contributed by atoms with van der Waals surface area (Å²) in [5, 5.41) is 3.37. The number of aromatic nitrogens is 2. The number of aryl methyl sites for hydroxylation is 1. The van der Waals surface area contributed by atoms with Crippen LogP contribution in [0.25, 0.3) is 0 Å². The summed E-state index contributed by atoms with van der Waals surface area (Å²) >= 11 is 0. The highest BCUT2D eigenvalue weighted by Crippen LogP contribution is 2.15. The molecule has 0 aliphatic carbocycles. The van der Waals surface area contributed by atoms with Crippen molar-refractivity contribution in [3.8, 4) is 0 Å². The lowest BCUT2D eigenvalue weighted by Gasteiger charge is -2.22. The van der Waals surface area contributed by atoms with Crippen molar-refractivity contribution in [3.63, 3.8) is 0 Å². The van der Waals surface area contributed by atoms with E-state index in [1.807, 2.05) is 6.20 Å². The van der Waals surface area contributed by atoms with E-state index >= 15 is 0 Å². The molecule has 0 amide bonds. The highest BCUT2D eigenvalue weighted by Gasteiger charge is 2.17. The zero-order chi connectivity index (χ0) is 7.84. The molecule has 0 fully saturated rings. The van der Waals surface area contributed by atoms with Crippen molar-refractivity contribution in [1.29, 1.82) is 0 Å². The topological polar surface area (TPSA) is 29.9 Å². The molecule has 1 aromatic heterocycles. The van der Waals surface area contributed by atoms with Crippen molar-refractivity contribution < 1.29 is 0 Å². The molecule has 1 N–H and O–H groups in total. The number of rotatable bonds is 0. The minimum Gasteiger partial charge on any atom is -0.330 e. The molecule has 11 heavy (non-hydrogen) atoms. The maximum Gasteiger partial charge on any atom is 0.125 e. The SMILES string of the molecule is Cc1cnc2n1CCN[C@H]2C. The van der Waals surface area contributed by atoms with Crippen molar-refractivity contribution in [3.05, 3.63) is 17.7 Å². The maximum absolute atomic E-state index is 4.34. The van der Waals surface area contributed by atoms with E-state index in [0.29, 0.717) is 6.04 Å². The van der Waals surface area contributed by atoms with Crippen LogP contribution in [-0.4, -0.2) is 16.1 Å². The molecule has 1 aromatic rings. The van der Waals surface area contributed by atoms with E-state index < -0.39 is 0 Å². The van der Waals surface area contributed by atoms with Gasteiger partial charge >= 0.3 is 0 Å². The van der Waals surface area contributed by atoms with Gasteiger partial charge in [-0.25, -0.2) is 4.98 Å². The summed E-state index contributed by atoms with van der Waals surface area (Å²) in [6, 6.07) is 0.414. The van der Waals surface area contributed by atoms with Crippen LogP contribution >= 0.6 is 0 Å². The number of imidazole rings is 1. The lowest BCUT2D eigenvalue weighted by molar-refractivity contribution is 0.432. The van der Waals surface area contributed by atoms with E-state index in [9.17, 15) is 0 Å². The molecule has 2 rings (SSSR count). The van der Waals surface area contributed by atoms with E-state index in [0.717, 1.165) is 13.1 Å². The molecule has 0 saturated heterocycles. The Morgan fingerprint density at radius 3 is 3.27 bits per heavy atom. The van der Waals surface area contributed by atoms with Crippen LogP contribution in [0, 0.1) is 6.92 Å². The largest absolute Gasteiger partial charge is 0.330 e. The predicted molar refractivity (Wildman–Crippen MR) is 43.4 cm³/mol. The first-order valence-corrected chi connectivity index (χ1v) is 4.04. The second-order valence-electron chi connectivity index (χ2n) is 3.09. The first kappa shape index (κ1) is 6.85. The van der Waals surface area contributed by atoms with Crippen LogP contribution in [0.15, 0.2) is 6.20 Å². The van der Waals surface area contributed by atoms with E-state index in [1.54, 1.807) is 0 Å². The van der Waals surface area contributed by atoms with Crippen molar-refractivity contribution in [2.75, 3.05) is 6.54 Å². The van der Waals surface area contributed by atoms with E-state index in [1.165, 1.54) is 11.5 Å². The second-order valence-corrected chi connectivity index (χ2v) is 3.09. The fourth-order valence-corrected chi connectivity index (χ4v) is 1.60. The molecule has 60 valence electrons. The van der Waals surface area contributed by atoms with Gasteiger partial charge in [0, 0.05) is 25.0 Å². The Hall–Kier alpha value is -0.830. The summed E-state index contributed by atoms with van der Waals surface area (Å²) in [7, 11) is 0. The van der Waals surface area contributed by atoms with Gasteiger partial charge in [-0.15, -0.1) is 0 Å². The molecular formula is C8H13N3. The van der Waals surface area contributed by atoms with E-state index in [4.69, 9.17) is 0 Å². The van der Waals surface area contributed by atoms with Gasteiger partial charge in [0.25, 0.3) is 0 Å². The minimum absolute atomic E-state index is 0.414. The number of nitrogens with one attached hydrogen (secondary N) is 1. The van der Waals surface area contributed by atoms with Crippen LogP contribution in [0.4, 0.5) is 0 Å². The Balaban J connectivity index is 2.46. The smallest absolute Gasteiger partial charge is 0.125 e. The normalized spacial score (nSPS) is 23.3. The molecule has 3 nitrogen and oxygen atoms in total. The maximum atomic E-state index is 4.34. The predicted octanol–water partition coefficient (Wildman–Crippen LogP) is 0.856. The van der Waals surface area contributed by atoms with Gasteiger partial charge < -0.3 is 9.88 Å². The molecule has 0 unspecified atom stereocenters. The van der Waals surface area contributed by atoms with Crippen LogP contribution in [0.5, 0.6) is 0 Å². The third-order valence-corrected chi connectivity index (χ3v) is 2.26. The molecule has 0 bridgehead atoms. The van der Waals surface area contributed by atoms with Crippen LogP contribution in [0.3, 0.4) is 0 Å². The highest BCUT2D eigenvalue weighted by molar-refractivity contribution is 5.08. The molecule has 0 saturated carbocycles. The number of hydrogen-bond acceptors (Lipinski definition) is 2. The second kappa shape index (κ2) is 2.34. The molecule has 2 heterocycles. The third-order valence-electron chi connectivity index (χ3n) is 2.26. The number of nitrogens with zero attached hydrogens (tertiary/aromatic N) is 2. The van der Waals surface area contributed by atoms with E-state index in [-0.39, 0.29) is 0 Å². The standard InChI is InChI=1S/C8H13N3/c1-6-5-10-8-7(2)9-3-4-11(6)8/h5,7,9H,3-4H2,1-2H3/t7-/m0/s1. The van der Waals surface area contributed by atoms with Crippen LogP contribution in [0.1, 0.15) is 24.5 Å². The van der Waals surface area contributed by atoms with Gasteiger partial charge in [-0.1, -0.05) is 0 Å². The Bertz CT molecular complexity index is 264. The Morgan fingerprint density at radius 1 is 1.73 bits per heavy atom. The summed E-state index contributed by atoms with van der Waals surface area (Å²) in [4.78, 5) is 4.34. The fraction of sp³-hybridized carbons (Fsp3) is 0.625. The molecular weight excluding hydrogens is 138 g/mol. The monoisotopic (exact) mass is 151 g/mol. The molecule has 0 spiro atoms. The molecule has 1 aliphatic heterocycles. The van der Waals surface area contributed by atoms with Gasteiger partial charge in [-0.3, -0.25) is 0 Å². The Labute approximate surface area is 66.4 Å². The zero-order valence-corrected chi connectivity index (χ0v) is 6.96. The summed E-state index contributed by atoms with van der Waals surface area (Å²) < 4.78 is 2.28. The average molecular weight is 151 g/mol. The molecule has 1 aliphatic rings. The lowest BCUT2D eigenvalue weighted by atomic mass is 10.2. The van der Waals surface area contributed by atoms with Crippen molar-refractivity contribution >= 4 is 0 Å². The Kier molecular flexibility index (Phi) is 1.46. The highest BCUT2D eigenvalue weighted by atomic mass is 15.2. The molecule has 0 radical (unpaired) electrons. The Morgan fingerprint density at radius 2 is 2.55 bits per heavy atom. The number of fused-ring (bicyclic) bond motifs is 1.